The summed E-state index contributed by atoms with van der Waals surface area (Å²) in [6.45, 7) is 2.47. The van der Waals surface area contributed by atoms with Gasteiger partial charge in [0.2, 0.25) is 5.91 Å². The summed E-state index contributed by atoms with van der Waals surface area (Å²) in [6.07, 6.45) is 5.11. The van der Waals surface area contributed by atoms with Crippen LogP contribution in [0.4, 0.5) is 16.4 Å². The number of hydrogen-bond acceptors (Lipinski definition) is 7. The van der Waals surface area contributed by atoms with E-state index in [1.807, 2.05) is 18.2 Å². The Balaban J connectivity index is 1.39. The molecule has 2 aromatic heterocycles. The molecule has 4 rings (SSSR count). The molecule has 0 unspecified atom stereocenters. The highest BCUT2D eigenvalue weighted by atomic mass is 35.5. The number of pyridine rings is 2. The molecule has 1 saturated carbocycles. The summed E-state index contributed by atoms with van der Waals surface area (Å²) in [6, 6.07) is 7.41. The van der Waals surface area contributed by atoms with Crippen LogP contribution in [0.2, 0.25) is 5.02 Å². The molecule has 1 saturated heterocycles. The zero-order chi connectivity index (χ0) is 23.9. The second kappa shape index (κ2) is 11.5. The van der Waals surface area contributed by atoms with Crippen LogP contribution in [-0.2, 0) is 14.3 Å². The van der Waals surface area contributed by atoms with Gasteiger partial charge in [0, 0.05) is 43.5 Å². The van der Waals surface area contributed by atoms with Crippen LogP contribution in [0.15, 0.2) is 30.5 Å². The smallest absolute Gasteiger partial charge is 0.407 e. The third-order valence-corrected chi connectivity index (χ3v) is 6.66. The van der Waals surface area contributed by atoms with E-state index < -0.39 is 6.09 Å². The van der Waals surface area contributed by atoms with Crippen LogP contribution in [0.3, 0.4) is 0 Å². The molecule has 2 atom stereocenters. The minimum absolute atomic E-state index is 0.0717. The van der Waals surface area contributed by atoms with Gasteiger partial charge in [0.25, 0.3) is 0 Å². The van der Waals surface area contributed by atoms with Crippen molar-refractivity contribution in [3.8, 4) is 11.3 Å². The number of aromatic nitrogens is 2. The minimum Gasteiger partial charge on any atom is -0.453 e. The van der Waals surface area contributed by atoms with Gasteiger partial charge in [-0.15, -0.1) is 0 Å². The normalized spacial score (nSPS) is 20.5. The van der Waals surface area contributed by atoms with E-state index in [2.05, 4.69) is 25.7 Å². The molecular formula is C24H30ClN5O4. The van der Waals surface area contributed by atoms with E-state index in [9.17, 15) is 9.59 Å². The second-order valence-corrected chi connectivity index (χ2v) is 9.13. The summed E-state index contributed by atoms with van der Waals surface area (Å²) >= 11 is 6.43. The van der Waals surface area contributed by atoms with E-state index in [1.54, 1.807) is 6.07 Å². The Labute approximate surface area is 204 Å². The maximum absolute atomic E-state index is 12.8. The maximum Gasteiger partial charge on any atom is 0.407 e. The Bertz CT molecular complexity index is 1010. The summed E-state index contributed by atoms with van der Waals surface area (Å²) in [5.41, 5.74) is 1.39. The van der Waals surface area contributed by atoms with E-state index in [0.29, 0.717) is 40.9 Å². The second-order valence-electron chi connectivity index (χ2n) is 8.73. The molecule has 2 aliphatic rings. The molecule has 34 heavy (non-hydrogen) atoms. The molecule has 1 aliphatic heterocycles. The fourth-order valence-corrected chi connectivity index (χ4v) is 4.59. The molecule has 9 nitrogen and oxygen atoms in total. The topological polar surface area (TPSA) is 114 Å². The van der Waals surface area contributed by atoms with Crippen LogP contribution in [0, 0.1) is 11.8 Å². The first-order chi connectivity index (χ1) is 16.5. The fraction of sp³-hybridized carbons (Fsp3) is 0.500. The van der Waals surface area contributed by atoms with E-state index in [0.717, 1.165) is 44.8 Å². The van der Waals surface area contributed by atoms with Crippen molar-refractivity contribution in [3.05, 3.63) is 35.5 Å². The van der Waals surface area contributed by atoms with Crippen LogP contribution < -0.4 is 16.0 Å². The molecule has 2 fully saturated rings. The van der Waals surface area contributed by atoms with Crippen molar-refractivity contribution in [1.29, 1.82) is 0 Å². The molecule has 182 valence electrons. The predicted molar refractivity (Wildman–Crippen MR) is 130 cm³/mol. The molecule has 0 radical (unpaired) electrons. The van der Waals surface area contributed by atoms with Crippen molar-refractivity contribution in [2.45, 2.75) is 38.1 Å². The van der Waals surface area contributed by atoms with Crippen molar-refractivity contribution < 1.29 is 19.1 Å². The molecule has 0 aromatic carbocycles. The summed E-state index contributed by atoms with van der Waals surface area (Å²) in [4.78, 5) is 33.2. The van der Waals surface area contributed by atoms with Gasteiger partial charge in [-0.1, -0.05) is 17.7 Å². The summed E-state index contributed by atoms with van der Waals surface area (Å²) in [7, 11) is 1.32. The average Bonchev–Trinajstić information content (AvgIpc) is 3.33. The number of nitrogens with zero attached hydrogens (tertiary/aromatic N) is 2. The third-order valence-electron chi connectivity index (χ3n) is 6.36. The molecule has 0 bridgehead atoms. The highest BCUT2D eigenvalue weighted by molar-refractivity contribution is 6.33. The third kappa shape index (κ3) is 6.36. The lowest BCUT2D eigenvalue weighted by Crippen LogP contribution is -2.33. The lowest BCUT2D eigenvalue weighted by atomic mass is 10.0. The Morgan fingerprint density at radius 1 is 1.18 bits per heavy atom. The Hall–Kier alpha value is -2.91. The van der Waals surface area contributed by atoms with Crippen molar-refractivity contribution in [1.82, 2.24) is 15.3 Å². The van der Waals surface area contributed by atoms with E-state index in [1.165, 1.54) is 13.3 Å². The van der Waals surface area contributed by atoms with Crippen molar-refractivity contribution in [2.24, 2.45) is 11.8 Å². The first-order valence-electron chi connectivity index (χ1n) is 11.6. The van der Waals surface area contributed by atoms with Crippen molar-refractivity contribution in [3.63, 3.8) is 0 Å². The van der Waals surface area contributed by atoms with Crippen molar-refractivity contribution in [2.75, 3.05) is 37.5 Å². The summed E-state index contributed by atoms with van der Waals surface area (Å²) < 4.78 is 10.1. The van der Waals surface area contributed by atoms with Gasteiger partial charge in [0.1, 0.15) is 11.6 Å². The van der Waals surface area contributed by atoms with Gasteiger partial charge in [-0.25, -0.2) is 14.8 Å². The lowest BCUT2D eigenvalue weighted by Gasteiger charge is -2.22. The standard InChI is InChI=1S/C24H30ClN5O4/c1-33-24(32)28-17-6-5-16(11-17)23(31)30-22-12-18(19(25)14-27-22)20-3-2-4-21(29-20)26-13-15-7-9-34-10-8-15/h2-4,12,14-17H,5-11,13H2,1H3,(H,26,29)(H,28,32)(H,27,30,31)/t16-,17+/m0/s1. The quantitative estimate of drug-likeness (QED) is 0.538. The van der Waals surface area contributed by atoms with Crippen LogP contribution >= 0.6 is 11.6 Å². The highest BCUT2D eigenvalue weighted by Gasteiger charge is 2.31. The van der Waals surface area contributed by atoms with E-state index in [4.69, 9.17) is 21.3 Å². The zero-order valence-corrected chi connectivity index (χ0v) is 19.9. The number of halogens is 1. The monoisotopic (exact) mass is 487 g/mol. The Morgan fingerprint density at radius 3 is 2.79 bits per heavy atom. The van der Waals surface area contributed by atoms with Gasteiger partial charge in [-0.2, -0.15) is 0 Å². The zero-order valence-electron chi connectivity index (χ0n) is 19.2. The minimum atomic E-state index is -0.480. The molecule has 3 heterocycles. The molecule has 1 aliphatic carbocycles. The number of ether oxygens (including phenoxy) is 2. The SMILES string of the molecule is COC(=O)N[C@@H]1CC[C@H](C(=O)Nc2cc(-c3cccc(NCC4CCOCC4)n3)c(Cl)cn2)C1. The molecule has 3 N–H and O–H groups in total. The van der Waals surface area contributed by atoms with Gasteiger partial charge < -0.3 is 25.4 Å². The number of carbonyl (C=O) groups is 2. The molecule has 10 heteroatoms. The summed E-state index contributed by atoms with van der Waals surface area (Å²) in [5.74, 6) is 1.42. The number of nitrogens with one attached hydrogen (secondary N) is 3. The lowest BCUT2D eigenvalue weighted by molar-refractivity contribution is -0.119. The predicted octanol–water partition coefficient (Wildman–Crippen LogP) is 4.10. The van der Waals surface area contributed by atoms with E-state index in [-0.39, 0.29) is 17.9 Å². The van der Waals surface area contributed by atoms with Gasteiger partial charge in [0.15, 0.2) is 0 Å². The Morgan fingerprint density at radius 2 is 2.00 bits per heavy atom. The molecule has 2 amide bonds. The molecule has 0 spiro atoms. The molecular weight excluding hydrogens is 458 g/mol. The number of carbonyl (C=O) groups excluding carboxylic acids is 2. The van der Waals surface area contributed by atoms with E-state index >= 15 is 0 Å². The van der Waals surface area contributed by atoms with Crippen LogP contribution in [0.1, 0.15) is 32.1 Å². The van der Waals surface area contributed by atoms with Gasteiger partial charge in [0.05, 0.1) is 17.8 Å². The largest absolute Gasteiger partial charge is 0.453 e. The summed E-state index contributed by atoms with van der Waals surface area (Å²) in [5, 5.41) is 9.51. The fourth-order valence-electron chi connectivity index (χ4n) is 4.39. The first-order valence-corrected chi connectivity index (χ1v) is 12.0. The van der Waals surface area contributed by atoms with Crippen LogP contribution in [0.25, 0.3) is 11.3 Å². The van der Waals surface area contributed by atoms with Gasteiger partial charge >= 0.3 is 6.09 Å². The average molecular weight is 488 g/mol. The van der Waals surface area contributed by atoms with Gasteiger partial charge in [-0.05, 0) is 56.2 Å². The van der Waals surface area contributed by atoms with Crippen LogP contribution in [-0.4, -0.2) is 54.9 Å². The number of hydrogen-bond donors (Lipinski definition) is 3. The number of alkyl carbamates (subject to hydrolysis) is 1. The molecule has 2 aromatic rings. The van der Waals surface area contributed by atoms with Crippen LogP contribution in [0.5, 0.6) is 0 Å². The maximum atomic E-state index is 12.8. The number of anilines is 2. The Kier molecular flexibility index (Phi) is 8.18. The number of amides is 2. The highest BCUT2D eigenvalue weighted by Crippen LogP contribution is 2.30. The number of rotatable bonds is 7. The van der Waals surface area contributed by atoms with Crippen molar-refractivity contribution >= 4 is 35.2 Å². The van der Waals surface area contributed by atoms with Gasteiger partial charge in [-0.3, -0.25) is 4.79 Å². The first kappa shape index (κ1) is 24.2. The number of methoxy groups -OCH3 is 1.